The molecule has 0 fully saturated rings. The number of hydrazine groups is 1. The van der Waals surface area contributed by atoms with E-state index in [9.17, 15) is 0 Å². The van der Waals surface area contributed by atoms with Crippen molar-refractivity contribution in [2.75, 3.05) is 17.7 Å². The predicted molar refractivity (Wildman–Crippen MR) is 151 cm³/mol. The van der Waals surface area contributed by atoms with E-state index in [0.29, 0.717) is 11.6 Å². The molecule has 4 rings (SSSR count). The molecule has 0 aliphatic carbocycles. The molecule has 2 N–H and O–H groups in total. The fourth-order valence-corrected chi connectivity index (χ4v) is 11.5. The summed E-state index contributed by atoms with van der Waals surface area (Å²) in [6, 6.07) is 42.0. The number of benzene rings is 4. The average molecular weight is 538 g/mol. The normalized spacial score (nSPS) is 13.2. The van der Waals surface area contributed by atoms with Gasteiger partial charge in [-0.3, -0.25) is 0 Å². The molecule has 0 radical (unpaired) electrons. The third kappa shape index (κ3) is 4.78. The van der Waals surface area contributed by atoms with Crippen LogP contribution in [-0.2, 0) is 0 Å². The predicted octanol–water partition coefficient (Wildman–Crippen LogP) is 6.33. The van der Waals surface area contributed by atoms with Gasteiger partial charge in [0, 0.05) is 0 Å². The zero-order valence-electron chi connectivity index (χ0n) is 18.3. The summed E-state index contributed by atoms with van der Waals surface area (Å²) in [6.07, 6.45) is 2.86. The molecule has 0 aromatic heterocycles. The molecule has 33 heavy (non-hydrogen) atoms. The van der Waals surface area contributed by atoms with Crippen molar-refractivity contribution in [3.05, 3.63) is 132 Å². The van der Waals surface area contributed by atoms with Crippen molar-refractivity contribution in [2.45, 2.75) is 0 Å². The summed E-state index contributed by atoms with van der Waals surface area (Å²) in [5.41, 5.74) is 0.926. The van der Waals surface area contributed by atoms with Crippen molar-refractivity contribution in [3.8, 4) is 0 Å². The van der Waals surface area contributed by atoms with E-state index in [1.54, 1.807) is 5.01 Å². The van der Waals surface area contributed by atoms with Gasteiger partial charge in [0.15, 0.2) is 0 Å². The fourth-order valence-electron chi connectivity index (χ4n) is 4.19. The van der Waals surface area contributed by atoms with Gasteiger partial charge < -0.3 is 0 Å². The molecule has 4 aromatic carbocycles. The maximum atomic E-state index is 6.80. The van der Waals surface area contributed by atoms with Crippen molar-refractivity contribution in [2.24, 2.45) is 5.84 Å². The summed E-state index contributed by atoms with van der Waals surface area (Å²) in [5.74, 6) is 6.31. The van der Waals surface area contributed by atoms with Crippen molar-refractivity contribution in [1.29, 1.82) is 0 Å². The standard InChI is InChI=1S/C28H27BrClN2P/c29-33(26-15-7-2-8-16-26,27-17-9-3-10-18-27,28-19-11-4-12-20-28)22-21-24(30)23-32(31)25-13-5-1-6-14-25/h1-21H,22-23,31H2. The van der Waals surface area contributed by atoms with E-state index in [4.69, 9.17) is 17.4 Å². The topological polar surface area (TPSA) is 29.3 Å². The van der Waals surface area contributed by atoms with Gasteiger partial charge in [-0.15, -0.1) is 0 Å². The first-order chi connectivity index (χ1) is 16.0. The van der Waals surface area contributed by atoms with E-state index in [1.165, 1.54) is 15.9 Å². The summed E-state index contributed by atoms with van der Waals surface area (Å²) >= 11 is 11.2. The van der Waals surface area contributed by atoms with Gasteiger partial charge in [0.25, 0.3) is 0 Å². The Morgan fingerprint density at radius 2 is 1.06 bits per heavy atom. The third-order valence-corrected chi connectivity index (χ3v) is 15.8. The Hall–Kier alpha value is -2.42. The van der Waals surface area contributed by atoms with E-state index in [0.717, 1.165) is 11.8 Å². The monoisotopic (exact) mass is 536 g/mol. The molecule has 0 saturated heterocycles. The Morgan fingerprint density at radius 3 is 1.45 bits per heavy atom. The number of nitrogens with two attached hydrogens (primary N) is 1. The van der Waals surface area contributed by atoms with Crippen LogP contribution in [0.15, 0.2) is 132 Å². The van der Waals surface area contributed by atoms with Gasteiger partial charge in [-0.1, -0.05) is 0 Å². The summed E-state index contributed by atoms with van der Waals surface area (Å²) in [4.78, 5) is 0. The third-order valence-electron chi connectivity index (χ3n) is 5.95. The molecule has 5 heteroatoms. The fraction of sp³-hybridized carbons (Fsp3) is 0.0714. The maximum absolute atomic E-state index is 6.80. The van der Waals surface area contributed by atoms with Crippen LogP contribution in [0.4, 0.5) is 5.69 Å². The first-order valence-corrected chi connectivity index (χ1v) is 15.7. The Kier molecular flexibility index (Phi) is 7.36. The summed E-state index contributed by atoms with van der Waals surface area (Å²) in [7, 11) is 0. The summed E-state index contributed by atoms with van der Waals surface area (Å²) < 4.78 is 0. The Bertz CT molecular complexity index is 1100. The molecule has 0 saturated carbocycles. The van der Waals surface area contributed by atoms with Crippen molar-refractivity contribution >= 4 is 54.0 Å². The van der Waals surface area contributed by atoms with Gasteiger partial charge in [-0.25, -0.2) is 0 Å². The van der Waals surface area contributed by atoms with E-state index in [-0.39, 0.29) is 0 Å². The van der Waals surface area contributed by atoms with Gasteiger partial charge in [0.05, 0.1) is 0 Å². The van der Waals surface area contributed by atoms with E-state index in [1.807, 2.05) is 30.3 Å². The quantitative estimate of drug-likeness (QED) is 0.162. The molecule has 0 aliphatic heterocycles. The number of halogens is 2. The SMILES string of the molecule is NN(CC(Cl)=CCP(Br)(c1ccccc1)(c1ccccc1)c1ccccc1)c1ccccc1. The Morgan fingerprint density at radius 1 is 0.697 bits per heavy atom. The summed E-state index contributed by atoms with van der Waals surface area (Å²) in [6.45, 7) is 0.434. The molecule has 0 unspecified atom stereocenters. The molecule has 0 bridgehead atoms. The zero-order valence-corrected chi connectivity index (χ0v) is 21.5. The van der Waals surface area contributed by atoms with Crippen LogP contribution in [-0.4, -0.2) is 12.7 Å². The molecular weight excluding hydrogens is 511 g/mol. The van der Waals surface area contributed by atoms with Crippen molar-refractivity contribution in [3.63, 3.8) is 0 Å². The van der Waals surface area contributed by atoms with Crippen LogP contribution in [0.3, 0.4) is 0 Å². The summed E-state index contributed by atoms with van der Waals surface area (Å²) in [5, 5.41) is 3.12. The molecule has 4 aromatic rings. The number of anilines is 1. The second-order valence-corrected chi connectivity index (χ2v) is 17.4. The van der Waals surface area contributed by atoms with Crippen LogP contribution < -0.4 is 26.8 Å². The molecule has 0 heterocycles. The average Bonchev–Trinajstić information content (AvgIpc) is 2.89. The van der Waals surface area contributed by atoms with Crippen LogP contribution in [0, 0.1) is 0 Å². The van der Waals surface area contributed by atoms with Crippen molar-refractivity contribution in [1.82, 2.24) is 0 Å². The second kappa shape index (κ2) is 10.2. The van der Waals surface area contributed by atoms with Crippen LogP contribution in [0.2, 0.25) is 0 Å². The van der Waals surface area contributed by atoms with Crippen LogP contribution in [0.1, 0.15) is 0 Å². The van der Waals surface area contributed by atoms with E-state index in [2.05, 4.69) is 113 Å². The van der Waals surface area contributed by atoms with Crippen molar-refractivity contribution < 1.29 is 0 Å². The van der Waals surface area contributed by atoms with E-state index >= 15 is 0 Å². The number of rotatable bonds is 8. The van der Waals surface area contributed by atoms with Crippen LogP contribution in [0.25, 0.3) is 0 Å². The zero-order chi connectivity index (χ0) is 23.2. The van der Waals surface area contributed by atoms with Gasteiger partial charge >= 0.3 is 210 Å². The number of para-hydroxylation sites is 1. The number of hydrogen-bond acceptors (Lipinski definition) is 2. The molecular formula is C28H27BrClN2P. The van der Waals surface area contributed by atoms with Gasteiger partial charge in [-0.2, -0.15) is 0 Å². The van der Waals surface area contributed by atoms with Gasteiger partial charge in [0.2, 0.25) is 0 Å². The molecule has 168 valence electrons. The minimum atomic E-state index is -3.04. The number of allylic oxidation sites excluding steroid dienone is 1. The second-order valence-electron chi connectivity index (χ2n) is 7.99. The van der Waals surface area contributed by atoms with Gasteiger partial charge in [-0.05, 0) is 0 Å². The molecule has 0 amide bonds. The van der Waals surface area contributed by atoms with E-state index < -0.39 is 5.31 Å². The minimum absolute atomic E-state index is 0.434. The molecule has 0 atom stereocenters. The molecule has 0 spiro atoms. The molecule has 2 nitrogen and oxygen atoms in total. The number of nitrogens with zero attached hydrogens (tertiary/aromatic N) is 1. The first kappa shape index (κ1) is 23.7. The van der Waals surface area contributed by atoms with Crippen LogP contribution in [0.5, 0.6) is 0 Å². The number of hydrogen-bond donors (Lipinski definition) is 1. The first-order valence-electron chi connectivity index (χ1n) is 10.8. The van der Waals surface area contributed by atoms with Crippen LogP contribution >= 0.6 is 32.4 Å². The van der Waals surface area contributed by atoms with Gasteiger partial charge in [0.1, 0.15) is 0 Å². The Balaban J connectivity index is 1.82. The molecule has 0 aliphatic rings. The Labute approximate surface area is 209 Å².